The van der Waals surface area contributed by atoms with E-state index in [0.29, 0.717) is 24.5 Å². The van der Waals surface area contributed by atoms with Crippen molar-refractivity contribution >= 4 is 17.4 Å². The molecule has 0 spiro atoms. The summed E-state index contributed by atoms with van der Waals surface area (Å²) in [7, 11) is 0. The zero-order valence-electron chi connectivity index (χ0n) is 19.6. The highest BCUT2D eigenvalue weighted by Crippen LogP contribution is 2.40. The van der Waals surface area contributed by atoms with Gasteiger partial charge in [0.1, 0.15) is 11.5 Å². The molecule has 1 unspecified atom stereocenters. The average molecular weight is 436 g/mol. The number of carbonyl (C=O) groups is 2. The molecule has 1 N–H and O–H groups in total. The van der Waals surface area contributed by atoms with Gasteiger partial charge in [0.2, 0.25) is 0 Å². The molecule has 0 bridgehead atoms. The first-order valence-electron chi connectivity index (χ1n) is 11.3. The van der Waals surface area contributed by atoms with E-state index in [0.717, 1.165) is 18.4 Å². The number of amides is 1. The van der Waals surface area contributed by atoms with Crippen molar-refractivity contribution in [2.75, 3.05) is 13.2 Å². The van der Waals surface area contributed by atoms with Crippen LogP contribution < -0.4 is 4.74 Å². The summed E-state index contributed by atoms with van der Waals surface area (Å²) in [4.78, 5) is 27.6. The molecule has 170 valence electrons. The van der Waals surface area contributed by atoms with Crippen molar-refractivity contribution in [2.45, 2.75) is 58.9 Å². The minimum absolute atomic E-state index is 0.00907. The Morgan fingerprint density at radius 3 is 2.16 bits per heavy atom. The second kappa shape index (κ2) is 9.60. The number of nitrogens with zero attached hydrogens (tertiary/aromatic N) is 1. The Morgan fingerprint density at radius 2 is 1.62 bits per heavy atom. The van der Waals surface area contributed by atoms with E-state index in [2.05, 4.69) is 20.8 Å². The number of aliphatic hydroxyl groups is 1. The highest BCUT2D eigenvalue weighted by atomic mass is 16.5. The third-order valence-corrected chi connectivity index (χ3v) is 5.82. The SMILES string of the molecule is CCCCN1C(=O)C(=O)/C(=C(\O)c2ccc(OCC)cc2)C1c1ccc(C(C)(C)C)cc1. The fourth-order valence-corrected chi connectivity index (χ4v) is 3.98. The van der Waals surface area contributed by atoms with E-state index in [1.807, 2.05) is 38.1 Å². The highest BCUT2D eigenvalue weighted by Gasteiger charge is 2.45. The number of ketones is 1. The van der Waals surface area contributed by atoms with Gasteiger partial charge >= 0.3 is 0 Å². The molecule has 0 radical (unpaired) electrons. The topological polar surface area (TPSA) is 66.8 Å². The molecule has 5 heteroatoms. The molecule has 0 aromatic heterocycles. The molecule has 1 heterocycles. The number of rotatable bonds is 7. The maximum atomic E-state index is 13.0. The molecule has 1 fully saturated rings. The quantitative estimate of drug-likeness (QED) is 0.349. The van der Waals surface area contributed by atoms with Gasteiger partial charge in [-0.25, -0.2) is 0 Å². The number of aliphatic hydroxyl groups excluding tert-OH is 1. The van der Waals surface area contributed by atoms with E-state index < -0.39 is 17.7 Å². The van der Waals surface area contributed by atoms with Crippen molar-refractivity contribution in [3.8, 4) is 5.75 Å². The zero-order valence-corrected chi connectivity index (χ0v) is 19.6. The summed E-state index contributed by atoms with van der Waals surface area (Å²) < 4.78 is 5.47. The summed E-state index contributed by atoms with van der Waals surface area (Å²) >= 11 is 0. The molecule has 0 saturated carbocycles. The summed E-state index contributed by atoms with van der Waals surface area (Å²) in [6.45, 7) is 11.4. The van der Waals surface area contributed by atoms with Crippen LogP contribution in [0.2, 0.25) is 0 Å². The van der Waals surface area contributed by atoms with Crippen molar-refractivity contribution in [3.05, 3.63) is 70.8 Å². The molecule has 1 aliphatic heterocycles. The van der Waals surface area contributed by atoms with Gasteiger partial charge in [-0.2, -0.15) is 0 Å². The maximum absolute atomic E-state index is 13.0. The minimum atomic E-state index is -0.641. The van der Waals surface area contributed by atoms with E-state index >= 15 is 0 Å². The van der Waals surface area contributed by atoms with Crippen LogP contribution in [0.1, 0.15) is 70.2 Å². The van der Waals surface area contributed by atoms with Gasteiger partial charge < -0.3 is 14.7 Å². The fraction of sp³-hybridized carbons (Fsp3) is 0.407. The standard InChI is InChI=1S/C27H33NO4/c1-6-8-17-28-23(18-9-13-20(14-10-18)27(3,4)5)22(25(30)26(28)31)24(29)19-11-15-21(16-12-19)32-7-2/h9-16,23,29H,6-8,17H2,1-5H3/b24-22-. The Balaban J connectivity index is 2.09. The van der Waals surface area contributed by atoms with Gasteiger partial charge in [-0.15, -0.1) is 0 Å². The second-order valence-corrected chi connectivity index (χ2v) is 9.18. The van der Waals surface area contributed by atoms with Crippen LogP contribution in [0, 0.1) is 0 Å². The number of benzene rings is 2. The van der Waals surface area contributed by atoms with Crippen molar-refractivity contribution in [3.63, 3.8) is 0 Å². The molecule has 0 aliphatic carbocycles. The Hall–Kier alpha value is -3.08. The average Bonchev–Trinajstić information content (AvgIpc) is 3.02. The summed E-state index contributed by atoms with van der Waals surface area (Å²) in [5, 5.41) is 11.1. The number of hydrogen-bond acceptors (Lipinski definition) is 4. The molecule has 32 heavy (non-hydrogen) atoms. The summed E-state index contributed by atoms with van der Waals surface area (Å²) in [6, 6.07) is 14.3. The van der Waals surface area contributed by atoms with Crippen LogP contribution in [0.3, 0.4) is 0 Å². The molecule has 1 saturated heterocycles. The molecule has 3 rings (SSSR count). The molecule has 2 aromatic rings. The van der Waals surface area contributed by atoms with Gasteiger partial charge in [0, 0.05) is 12.1 Å². The summed E-state index contributed by atoms with van der Waals surface area (Å²) in [5.74, 6) is -0.676. The summed E-state index contributed by atoms with van der Waals surface area (Å²) in [6.07, 6.45) is 1.68. The maximum Gasteiger partial charge on any atom is 0.295 e. The number of hydrogen-bond donors (Lipinski definition) is 1. The lowest BCUT2D eigenvalue weighted by atomic mass is 9.85. The predicted octanol–water partition coefficient (Wildman–Crippen LogP) is 5.60. The smallest absolute Gasteiger partial charge is 0.295 e. The van der Waals surface area contributed by atoms with Gasteiger partial charge in [0.15, 0.2) is 0 Å². The minimum Gasteiger partial charge on any atom is -0.507 e. The Labute approximate surface area is 190 Å². The predicted molar refractivity (Wildman–Crippen MR) is 127 cm³/mol. The second-order valence-electron chi connectivity index (χ2n) is 9.18. The van der Waals surface area contributed by atoms with Crippen LogP contribution >= 0.6 is 0 Å². The van der Waals surface area contributed by atoms with Crippen LogP contribution in [0.25, 0.3) is 5.76 Å². The van der Waals surface area contributed by atoms with Gasteiger partial charge in [-0.1, -0.05) is 58.4 Å². The van der Waals surface area contributed by atoms with Gasteiger partial charge in [-0.05, 0) is 54.2 Å². The molecule has 2 aromatic carbocycles. The highest BCUT2D eigenvalue weighted by molar-refractivity contribution is 6.46. The number of carbonyl (C=O) groups excluding carboxylic acids is 2. The molecule has 1 atom stereocenters. The Kier molecular flexibility index (Phi) is 7.07. The van der Waals surface area contributed by atoms with Crippen LogP contribution in [0.4, 0.5) is 0 Å². The van der Waals surface area contributed by atoms with Gasteiger partial charge in [-0.3, -0.25) is 9.59 Å². The number of Topliss-reactive ketones (excluding diaryl/α,β-unsaturated/α-hetero) is 1. The lowest BCUT2D eigenvalue weighted by Gasteiger charge is -2.26. The third kappa shape index (κ3) is 4.72. The van der Waals surface area contributed by atoms with Crippen LogP contribution in [0.5, 0.6) is 5.75 Å². The van der Waals surface area contributed by atoms with E-state index in [1.54, 1.807) is 29.2 Å². The first-order valence-corrected chi connectivity index (χ1v) is 11.3. The van der Waals surface area contributed by atoms with Crippen molar-refractivity contribution < 1.29 is 19.4 Å². The largest absolute Gasteiger partial charge is 0.507 e. The lowest BCUT2D eigenvalue weighted by molar-refractivity contribution is -0.139. The Bertz CT molecular complexity index is 997. The Morgan fingerprint density at radius 1 is 1.00 bits per heavy atom. The number of unbranched alkanes of at least 4 members (excludes halogenated alkanes) is 1. The van der Waals surface area contributed by atoms with Crippen molar-refractivity contribution in [1.82, 2.24) is 4.90 Å². The van der Waals surface area contributed by atoms with E-state index in [9.17, 15) is 14.7 Å². The van der Waals surface area contributed by atoms with E-state index in [4.69, 9.17) is 4.74 Å². The van der Waals surface area contributed by atoms with Gasteiger partial charge in [0.05, 0.1) is 18.2 Å². The molecule has 5 nitrogen and oxygen atoms in total. The van der Waals surface area contributed by atoms with Gasteiger partial charge in [0.25, 0.3) is 11.7 Å². The first-order chi connectivity index (χ1) is 15.2. The molecule has 1 amide bonds. The van der Waals surface area contributed by atoms with Crippen LogP contribution in [-0.2, 0) is 15.0 Å². The zero-order chi connectivity index (χ0) is 23.5. The van der Waals surface area contributed by atoms with E-state index in [1.165, 1.54) is 5.56 Å². The fourth-order valence-electron chi connectivity index (χ4n) is 3.98. The first kappa shape index (κ1) is 23.6. The van der Waals surface area contributed by atoms with E-state index in [-0.39, 0.29) is 16.7 Å². The lowest BCUT2D eigenvalue weighted by Crippen LogP contribution is -2.30. The number of likely N-dealkylation sites (tertiary alicyclic amines) is 1. The van der Waals surface area contributed by atoms with Crippen LogP contribution in [0.15, 0.2) is 54.1 Å². The van der Waals surface area contributed by atoms with Crippen LogP contribution in [-0.4, -0.2) is 34.8 Å². The number of ether oxygens (including phenoxy) is 1. The summed E-state index contributed by atoms with van der Waals surface area (Å²) in [5.41, 5.74) is 2.60. The monoisotopic (exact) mass is 435 g/mol. The molecular formula is C27H33NO4. The molecule has 1 aliphatic rings. The third-order valence-electron chi connectivity index (χ3n) is 5.82. The normalized spacial score (nSPS) is 18.3. The molecular weight excluding hydrogens is 402 g/mol. The van der Waals surface area contributed by atoms with Crippen molar-refractivity contribution in [1.29, 1.82) is 0 Å². The van der Waals surface area contributed by atoms with Crippen molar-refractivity contribution in [2.24, 2.45) is 0 Å².